The van der Waals surface area contributed by atoms with E-state index in [0.29, 0.717) is 23.7 Å². The van der Waals surface area contributed by atoms with Gasteiger partial charge in [0.15, 0.2) is 0 Å². The van der Waals surface area contributed by atoms with Crippen LogP contribution in [0.4, 0.5) is 4.79 Å². The Morgan fingerprint density at radius 2 is 2.07 bits per heavy atom. The van der Waals surface area contributed by atoms with Crippen LogP contribution in [0.2, 0.25) is 0 Å². The number of aromatic amines is 1. The largest absolute Gasteiger partial charge is 0.460 e. The molecule has 1 N–H and O–H groups in total. The highest BCUT2D eigenvalue weighted by Gasteiger charge is 2.35. The summed E-state index contributed by atoms with van der Waals surface area (Å²) < 4.78 is 11.4. The number of aromatic nitrogens is 4. The molecule has 1 fully saturated rings. The second-order valence-corrected chi connectivity index (χ2v) is 6.94. The molecule has 3 heterocycles. The highest BCUT2D eigenvalue weighted by atomic mass is 16.6. The van der Waals surface area contributed by atoms with Crippen LogP contribution in [0.3, 0.4) is 0 Å². The Kier molecular flexibility index (Phi) is 5.69. The average Bonchev–Trinajstić information content (AvgIpc) is 3.25. The number of amides is 1. The van der Waals surface area contributed by atoms with Gasteiger partial charge in [0, 0.05) is 18.8 Å². The molecule has 0 saturated carbocycles. The maximum atomic E-state index is 12.6. The van der Waals surface area contributed by atoms with Crippen LogP contribution in [0.25, 0.3) is 11.4 Å². The molecule has 1 amide bonds. The lowest BCUT2D eigenvalue weighted by Gasteiger charge is -2.28. The van der Waals surface area contributed by atoms with Crippen molar-refractivity contribution >= 4 is 6.09 Å². The summed E-state index contributed by atoms with van der Waals surface area (Å²) in [5.74, 6) is 0.491. The van der Waals surface area contributed by atoms with Gasteiger partial charge in [-0.25, -0.2) is 14.8 Å². The molecule has 154 valence electrons. The van der Waals surface area contributed by atoms with Crippen LogP contribution in [-0.4, -0.2) is 49.6 Å². The second-order valence-electron chi connectivity index (χ2n) is 6.94. The fourth-order valence-electron chi connectivity index (χ4n) is 3.47. The second kappa shape index (κ2) is 8.73. The predicted octanol–water partition coefficient (Wildman–Crippen LogP) is 2.66. The Morgan fingerprint density at radius 3 is 2.83 bits per heavy atom. The van der Waals surface area contributed by atoms with E-state index < -0.39 is 12.2 Å². The highest BCUT2D eigenvalue weighted by molar-refractivity contribution is 5.71. The number of benzene rings is 1. The van der Waals surface area contributed by atoms with Gasteiger partial charge in [-0.1, -0.05) is 18.2 Å². The van der Waals surface area contributed by atoms with Crippen LogP contribution in [0.5, 0.6) is 11.8 Å². The standard InChI is InChI=1S/C21H21N5O4/c1-14(18-8-5-11-26(18)21(28)30-15-6-3-2-4-7-15)29-20-24-17(12-19(27)25-20)16-9-10-22-13-23-16/h2-4,6-7,9-10,12-14,18H,5,8,11H2,1H3,(H,24,25,27)/t14?,18-/m1/s1. The van der Waals surface area contributed by atoms with Crippen molar-refractivity contribution in [2.24, 2.45) is 0 Å². The number of rotatable bonds is 5. The zero-order valence-electron chi connectivity index (χ0n) is 16.4. The minimum Gasteiger partial charge on any atom is -0.460 e. The Labute approximate surface area is 172 Å². The Hall–Kier alpha value is -3.75. The lowest BCUT2D eigenvalue weighted by atomic mass is 10.1. The van der Waals surface area contributed by atoms with E-state index in [1.165, 1.54) is 12.4 Å². The summed E-state index contributed by atoms with van der Waals surface area (Å²) >= 11 is 0. The van der Waals surface area contributed by atoms with Gasteiger partial charge in [0.05, 0.1) is 17.4 Å². The van der Waals surface area contributed by atoms with Crippen LogP contribution in [-0.2, 0) is 0 Å². The zero-order valence-corrected chi connectivity index (χ0v) is 16.4. The van der Waals surface area contributed by atoms with E-state index in [9.17, 15) is 9.59 Å². The van der Waals surface area contributed by atoms with Gasteiger partial charge in [0.25, 0.3) is 11.6 Å². The molecule has 0 spiro atoms. The Bertz CT molecular complexity index is 1060. The van der Waals surface area contributed by atoms with Gasteiger partial charge in [-0.15, -0.1) is 0 Å². The molecule has 9 heteroatoms. The van der Waals surface area contributed by atoms with E-state index in [2.05, 4.69) is 19.9 Å². The normalized spacial score (nSPS) is 16.8. The molecule has 1 unspecified atom stereocenters. The summed E-state index contributed by atoms with van der Waals surface area (Å²) in [6, 6.07) is 11.8. The number of para-hydroxylation sites is 1. The molecule has 3 aromatic rings. The quantitative estimate of drug-likeness (QED) is 0.692. The van der Waals surface area contributed by atoms with Gasteiger partial charge >= 0.3 is 6.09 Å². The number of hydrogen-bond donors (Lipinski definition) is 1. The molecule has 1 saturated heterocycles. The van der Waals surface area contributed by atoms with Crippen molar-refractivity contribution in [1.29, 1.82) is 0 Å². The number of nitrogens with one attached hydrogen (secondary N) is 1. The van der Waals surface area contributed by atoms with Crippen molar-refractivity contribution in [3.8, 4) is 23.1 Å². The molecule has 1 aromatic carbocycles. The molecule has 0 radical (unpaired) electrons. The summed E-state index contributed by atoms with van der Waals surface area (Å²) in [6.07, 6.45) is 3.74. The summed E-state index contributed by atoms with van der Waals surface area (Å²) in [5, 5.41) is 0. The van der Waals surface area contributed by atoms with E-state index >= 15 is 0 Å². The zero-order chi connectivity index (χ0) is 20.9. The number of likely N-dealkylation sites (tertiary alicyclic amines) is 1. The summed E-state index contributed by atoms with van der Waals surface area (Å²) in [5.41, 5.74) is 0.547. The number of carbonyl (C=O) groups is 1. The molecule has 9 nitrogen and oxygen atoms in total. The van der Waals surface area contributed by atoms with E-state index in [4.69, 9.17) is 9.47 Å². The number of nitrogens with zero attached hydrogens (tertiary/aromatic N) is 4. The van der Waals surface area contributed by atoms with Gasteiger partial charge in [-0.2, -0.15) is 4.98 Å². The van der Waals surface area contributed by atoms with Crippen LogP contribution in [0, 0.1) is 0 Å². The fourth-order valence-corrected chi connectivity index (χ4v) is 3.47. The van der Waals surface area contributed by atoms with Gasteiger partial charge < -0.3 is 14.4 Å². The number of carbonyl (C=O) groups excluding carboxylic acids is 1. The van der Waals surface area contributed by atoms with Crippen molar-refractivity contribution < 1.29 is 14.3 Å². The van der Waals surface area contributed by atoms with E-state index in [1.807, 2.05) is 25.1 Å². The first-order chi connectivity index (χ1) is 14.6. The van der Waals surface area contributed by atoms with Crippen LogP contribution < -0.4 is 15.0 Å². The van der Waals surface area contributed by atoms with Crippen LogP contribution >= 0.6 is 0 Å². The monoisotopic (exact) mass is 407 g/mol. The Balaban J connectivity index is 1.48. The fraction of sp³-hybridized carbons (Fsp3) is 0.286. The van der Waals surface area contributed by atoms with Gasteiger partial charge in [-0.05, 0) is 38.0 Å². The molecule has 0 aliphatic carbocycles. The molecular weight excluding hydrogens is 386 g/mol. The topological polar surface area (TPSA) is 110 Å². The molecule has 1 aliphatic heterocycles. The molecular formula is C21H21N5O4. The summed E-state index contributed by atoms with van der Waals surface area (Å²) in [7, 11) is 0. The first-order valence-corrected chi connectivity index (χ1v) is 9.68. The maximum Gasteiger partial charge on any atom is 0.415 e. The van der Waals surface area contributed by atoms with E-state index in [0.717, 1.165) is 12.8 Å². The third-order valence-corrected chi connectivity index (χ3v) is 4.89. The smallest absolute Gasteiger partial charge is 0.415 e. The first kappa shape index (κ1) is 19.6. The van der Waals surface area contributed by atoms with Gasteiger partial charge in [0.1, 0.15) is 18.2 Å². The molecule has 4 rings (SSSR count). The highest BCUT2D eigenvalue weighted by Crippen LogP contribution is 2.24. The molecule has 0 bridgehead atoms. The lowest BCUT2D eigenvalue weighted by molar-refractivity contribution is 0.0893. The third kappa shape index (κ3) is 4.45. The summed E-state index contributed by atoms with van der Waals surface area (Å²) in [6.45, 7) is 2.42. The Morgan fingerprint density at radius 1 is 1.23 bits per heavy atom. The number of ether oxygens (including phenoxy) is 2. The van der Waals surface area contributed by atoms with Crippen molar-refractivity contribution in [2.75, 3.05) is 6.54 Å². The molecule has 2 atom stereocenters. The van der Waals surface area contributed by atoms with Crippen molar-refractivity contribution in [3.05, 3.63) is 65.3 Å². The number of hydrogen-bond acceptors (Lipinski definition) is 7. The molecule has 30 heavy (non-hydrogen) atoms. The van der Waals surface area contributed by atoms with Gasteiger partial charge in [-0.3, -0.25) is 9.78 Å². The van der Waals surface area contributed by atoms with E-state index in [-0.39, 0.29) is 17.6 Å². The average molecular weight is 407 g/mol. The first-order valence-electron chi connectivity index (χ1n) is 9.68. The minimum atomic E-state index is -0.421. The third-order valence-electron chi connectivity index (χ3n) is 4.89. The van der Waals surface area contributed by atoms with Gasteiger partial charge in [0.2, 0.25) is 0 Å². The molecule has 1 aliphatic rings. The maximum absolute atomic E-state index is 12.6. The van der Waals surface area contributed by atoms with Crippen molar-refractivity contribution in [1.82, 2.24) is 24.8 Å². The van der Waals surface area contributed by atoms with E-state index in [1.54, 1.807) is 29.3 Å². The van der Waals surface area contributed by atoms with Crippen LogP contribution in [0.1, 0.15) is 19.8 Å². The number of H-pyrrole nitrogens is 1. The van der Waals surface area contributed by atoms with Crippen molar-refractivity contribution in [3.63, 3.8) is 0 Å². The lowest BCUT2D eigenvalue weighted by Crippen LogP contribution is -2.45. The predicted molar refractivity (Wildman–Crippen MR) is 108 cm³/mol. The SMILES string of the molecule is CC(Oc1nc(-c2ccncn2)cc(=O)[nH]1)[C@H]1CCCN1C(=O)Oc1ccccc1. The summed E-state index contributed by atoms with van der Waals surface area (Å²) in [4.78, 5) is 41.3. The minimum absolute atomic E-state index is 0.0758. The molecule has 2 aromatic heterocycles. The van der Waals surface area contributed by atoms with Crippen molar-refractivity contribution in [2.45, 2.75) is 31.9 Å². The van der Waals surface area contributed by atoms with Crippen LogP contribution in [0.15, 0.2) is 59.8 Å².